The quantitative estimate of drug-likeness (QED) is 0.818. The normalized spacial score (nSPS) is 15.1. The molecule has 0 fully saturated rings. The molecule has 0 saturated heterocycles. The van der Waals surface area contributed by atoms with Crippen molar-refractivity contribution in [1.29, 1.82) is 0 Å². The number of hydrogen-bond donors (Lipinski definition) is 2. The molecule has 2 aromatic rings. The van der Waals surface area contributed by atoms with Gasteiger partial charge in [-0.25, -0.2) is 4.39 Å². The number of halogens is 1. The first-order valence-corrected chi connectivity index (χ1v) is 6.29. The van der Waals surface area contributed by atoms with Gasteiger partial charge in [0.05, 0.1) is 5.57 Å². The third-order valence-corrected chi connectivity index (χ3v) is 3.27. The number of hydrogen-bond acceptors (Lipinski definition) is 2. The Kier molecular flexibility index (Phi) is 2.99. The molecule has 4 heteroatoms. The third-order valence-electron chi connectivity index (χ3n) is 3.27. The summed E-state index contributed by atoms with van der Waals surface area (Å²) in [7, 11) is 0. The summed E-state index contributed by atoms with van der Waals surface area (Å²) >= 11 is 0. The number of anilines is 2. The molecule has 0 unspecified atom stereocenters. The zero-order chi connectivity index (χ0) is 14.1. The lowest BCUT2D eigenvalue weighted by molar-refractivity contribution is -0.110. The first kappa shape index (κ1) is 12.4. The molecule has 2 aromatic carbocycles. The van der Waals surface area contributed by atoms with Gasteiger partial charge in [0.2, 0.25) is 0 Å². The minimum absolute atomic E-state index is 0.140. The van der Waals surface area contributed by atoms with Crippen LogP contribution in [0.5, 0.6) is 0 Å². The lowest BCUT2D eigenvalue weighted by Gasteiger charge is -2.06. The summed E-state index contributed by atoms with van der Waals surface area (Å²) in [6.45, 7) is 1.81. The molecule has 0 radical (unpaired) electrons. The van der Waals surface area contributed by atoms with Crippen LogP contribution in [0.25, 0.3) is 5.57 Å². The molecule has 0 saturated carbocycles. The molecule has 2 N–H and O–H groups in total. The number of amides is 1. The molecule has 1 amide bonds. The lowest BCUT2D eigenvalue weighted by Crippen LogP contribution is -2.05. The zero-order valence-electron chi connectivity index (χ0n) is 10.9. The van der Waals surface area contributed by atoms with Gasteiger partial charge in [0.15, 0.2) is 0 Å². The highest BCUT2D eigenvalue weighted by molar-refractivity contribution is 6.31. The van der Waals surface area contributed by atoms with Crippen LogP contribution in [0.15, 0.2) is 48.7 Å². The Balaban J connectivity index is 1.91. The number of fused-ring (bicyclic) bond motifs is 1. The number of nitrogens with one attached hydrogen (secondary N) is 2. The molecule has 1 aliphatic rings. The molecule has 3 rings (SSSR count). The van der Waals surface area contributed by atoms with Crippen LogP contribution < -0.4 is 10.6 Å². The van der Waals surface area contributed by atoms with Crippen LogP contribution in [0.4, 0.5) is 15.8 Å². The van der Waals surface area contributed by atoms with E-state index in [1.165, 1.54) is 12.1 Å². The van der Waals surface area contributed by atoms with E-state index in [0.29, 0.717) is 5.57 Å². The molecule has 0 atom stereocenters. The van der Waals surface area contributed by atoms with Crippen molar-refractivity contribution < 1.29 is 9.18 Å². The monoisotopic (exact) mass is 268 g/mol. The minimum Gasteiger partial charge on any atom is -0.361 e. The van der Waals surface area contributed by atoms with Crippen molar-refractivity contribution in [1.82, 2.24) is 0 Å². The van der Waals surface area contributed by atoms with Gasteiger partial charge in [-0.3, -0.25) is 4.79 Å². The van der Waals surface area contributed by atoms with Crippen LogP contribution in [0, 0.1) is 12.7 Å². The summed E-state index contributed by atoms with van der Waals surface area (Å²) in [5.41, 5.74) is 3.81. The molecule has 100 valence electrons. The molecular formula is C16H13FN2O. The summed E-state index contributed by atoms with van der Waals surface area (Å²) in [6.07, 6.45) is 1.65. The maximum absolute atomic E-state index is 13.0. The molecule has 0 aliphatic carbocycles. The summed E-state index contributed by atoms with van der Waals surface area (Å²) in [4.78, 5) is 11.9. The predicted octanol–water partition coefficient (Wildman–Crippen LogP) is 3.54. The van der Waals surface area contributed by atoms with E-state index in [0.717, 1.165) is 22.5 Å². The molecule has 3 nitrogen and oxygen atoms in total. The predicted molar refractivity (Wildman–Crippen MR) is 77.8 cm³/mol. The highest BCUT2D eigenvalue weighted by Crippen LogP contribution is 2.31. The fourth-order valence-corrected chi connectivity index (χ4v) is 2.22. The number of rotatable bonds is 2. The fraction of sp³-hybridized carbons (Fsp3) is 0.0625. The van der Waals surface area contributed by atoms with Crippen LogP contribution in [-0.2, 0) is 4.79 Å². The van der Waals surface area contributed by atoms with E-state index in [1.807, 2.05) is 31.2 Å². The molecule has 1 heterocycles. The third kappa shape index (κ3) is 2.16. The van der Waals surface area contributed by atoms with Gasteiger partial charge in [0, 0.05) is 23.1 Å². The second-order valence-corrected chi connectivity index (χ2v) is 4.66. The summed E-state index contributed by atoms with van der Waals surface area (Å²) < 4.78 is 13.0. The maximum Gasteiger partial charge on any atom is 0.257 e. The Morgan fingerprint density at radius 3 is 2.80 bits per heavy atom. The van der Waals surface area contributed by atoms with E-state index in [4.69, 9.17) is 0 Å². The smallest absolute Gasteiger partial charge is 0.257 e. The van der Waals surface area contributed by atoms with Gasteiger partial charge in [-0.2, -0.15) is 0 Å². The van der Waals surface area contributed by atoms with Crippen molar-refractivity contribution in [2.75, 3.05) is 10.6 Å². The number of para-hydroxylation sites is 1. The highest BCUT2D eigenvalue weighted by Gasteiger charge is 2.23. The number of carbonyl (C=O) groups is 1. The summed E-state index contributed by atoms with van der Waals surface area (Å²) in [5.74, 6) is -0.414. The molecule has 0 aromatic heterocycles. The molecule has 0 bridgehead atoms. The van der Waals surface area contributed by atoms with Crippen molar-refractivity contribution in [2.24, 2.45) is 0 Å². The van der Waals surface area contributed by atoms with Crippen molar-refractivity contribution in [3.05, 3.63) is 65.6 Å². The Morgan fingerprint density at radius 2 is 2.00 bits per heavy atom. The zero-order valence-corrected chi connectivity index (χ0v) is 10.9. The van der Waals surface area contributed by atoms with Gasteiger partial charge in [-0.15, -0.1) is 0 Å². The fourth-order valence-electron chi connectivity index (χ4n) is 2.22. The largest absolute Gasteiger partial charge is 0.361 e. The second kappa shape index (κ2) is 4.81. The topological polar surface area (TPSA) is 41.1 Å². The van der Waals surface area contributed by atoms with Crippen LogP contribution in [0.2, 0.25) is 0 Å². The lowest BCUT2D eigenvalue weighted by atomic mass is 10.1. The standard InChI is InChI=1S/C16H13FN2O/c1-10-8-11(17)6-7-14(10)18-9-13-12-4-2-3-5-15(12)19-16(13)20/h2-9,18H,1H3,(H,19,20)/b13-9+. The Hall–Kier alpha value is -2.62. The van der Waals surface area contributed by atoms with Gasteiger partial charge in [-0.05, 0) is 36.8 Å². The maximum atomic E-state index is 13.0. The molecule has 20 heavy (non-hydrogen) atoms. The minimum atomic E-state index is -0.273. The number of carbonyl (C=O) groups excluding carboxylic acids is 1. The summed E-state index contributed by atoms with van der Waals surface area (Å²) in [5, 5.41) is 5.86. The van der Waals surface area contributed by atoms with E-state index in [-0.39, 0.29) is 11.7 Å². The van der Waals surface area contributed by atoms with Crippen LogP contribution in [-0.4, -0.2) is 5.91 Å². The van der Waals surface area contributed by atoms with Crippen molar-refractivity contribution >= 4 is 22.9 Å². The van der Waals surface area contributed by atoms with E-state index in [9.17, 15) is 9.18 Å². The van der Waals surface area contributed by atoms with Gasteiger partial charge in [-0.1, -0.05) is 18.2 Å². The van der Waals surface area contributed by atoms with Crippen molar-refractivity contribution in [2.45, 2.75) is 6.92 Å². The van der Waals surface area contributed by atoms with Crippen LogP contribution in [0.1, 0.15) is 11.1 Å². The van der Waals surface area contributed by atoms with E-state index < -0.39 is 0 Å². The van der Waals surface area contributed by atoms with Crippen LogP contribution in [0.3, 0.4) is 0 Å². The van der Waals surface area contributed by atoms with E-state index >= 15 is 0 Å². The Labute approximate surface area is 116 Å². The second-order valence-electron chi connectivity index (χ2n) is 4.66. The van der Waals surface area contributed by atoms with Crippen molar-refractivity contribution in [3.8, 4) is 0 Å². The Bertz CT molecular complexity index is 722. The van der Waals surface area contributed by atoms with Gasteiger partial charge in [0.25, 0.3) is 5.91 Å². The average molecular weight is 268 g/mol. The van der Waals surface area contributed by atoms with E-state index in [1.54, 1.807) is 12.3 Å². The molecule has 1 aliphatic heterocycles. The first-order valence-electron chi connectivity index (χ1n) is 6.29. The number of aryl methyl sites for hydroxylation is 1. The van der Waals surface area contributed by atoms with Crippen LogP contribution >= 0.6 is 0 Å². The molecular weight excluding hydrogens is 255 g/mol. The van der Waals surface area contributed by atoms with E-state index in [2.05, 4.69) is 10.6 Å². The summed E-state index contributed by atoms with van der Waals surface area (Å²) in [6, 6.07) is 12.0. The van der Waals surface area contributed by atoms with Gasteiger partial charge < -0.3 is 10.6 Å². The average Bonchev–Trinajstić information content (AvgIpc) is 2.74. The van der Waals surface area contributed by atoms with Gasteiger partial charge >= 0.3 is 0 Å². The SMILES string of the molecule is Cc1cc(F)ccc1N/C=C1/C(=O)Nc2ccccc21. The van der Waals surface area contributed by atoms with Crippen molar-refractivity contribution in [3.63, 3.8) is 0 Å². The Morgan fingerprint density at radius 1 is 1.20 bits per heavy atom. The number of benzene rings is 2. The van der Waals surface area contributed by atoms with Gasteiger partial charge in [0.1, 0.15) is 5.82 Å². The highest BCUT2D eigenvalue weighted by atomic mass is 19.1. The molecule has 0 spiro atoms. The first-order chi connectivity index (χ1) is 9.65.